The minimum absolute atomic E-state index is 0.338. The van der Waals surface area contributed by atoms with Crippen LogP contribution in [0, 0.1) is 6.92 Å². The Balaban J connectivity index is 1.83. The lowest BCUT2D eigenvalue weighted by atomic mass is 10.1. The van der Waals surface area contributed by atoms with Gasteiger partial charge in [0, 0.05) is 35.3 Å². The molecular weight excluding hydrogens is 413 g/mol. The summed E-state index contributed by atoms with van der Waals surface area (Å²) in [6, 6.07) is 16.5. The first kappa shape index (κ1) is 23.1. The number of rotatable bonds is 8. The summed E-state index contributed by atoms with van der Waals surface area (Å²) in [6.07, 6.45) is -1.50. The second kappa shape index (κ2) is 10.1. The summed E-state index contributed by atoms with van der Waals surface area (Å²) < 4.78 is 38.5. The maximum atomic E-state index is 12.8. The normalized spacial score (nSPS) is 11.8. The first-order chi connectivity index (χ1) is 15.3. The van der Waals surface area contributed by atoms with Crippen molar-refractivity contribution in [3.05, 3.63) is 95.8 Å². The highest BCUT2D eigenvalue weighted by Crippen LogP contribution is 2.30. The molecule has 2 aromatic carbocycles. The quantitative estimate of drug-likeness (QED) is 0.398. The average Bonchev–Trinajstić information content (AvgIpc) is 2.76. The Labute approximate surface area is 185 Å². The molecule has 1 heterocycles. The van der Waals surface area contributed by atoms with Gasteiger partial charge in [-0.3, -0.25) is 0 Å². The molecule has 1 aromatic heterocycles. The molecule has 0 atom stereocenters. The SMILES string of the molecule is C=C(/C=C(\NCCC)c1ccccc1)Nc1cc(C)nc(-c2ccc(C(F)(F)F)cc2)n1. The van der Waals surface area contributed by atoms with E-state index in [1.807, 2.05) is 36.4 Å². The molecule has 32 heavy (non-hydrogen) atoms. The van der Waals surface area contributed by atoms with Crippen LogP contribution in [0.2, 0.25) is 0 Å². The number of nitrogens with one attached hydrogen (secondary N) is 2. The van der Waals surface area contributed by atoms with Crippen LogP contribution in [0.5, 0.6) is 0 Å². The van der Waals surface area contributed by atoms with Crippen LogP contribution in [0.15, 0.2) is 79.0 Å². The number of hydrogen-bond donors (Lipinski definition) is 2. The molecule has 7 heteroatoms. The van der Waals surface area contributed by atoms with Crippen molar-refractivity contribution in [1.82, 2.24) is 15.3 Å². The van der Waals surface area contributed by atoms with Gasteiger partial charge in [-0.2, -0.15) is 13.2 Å². The van der Waals surface area contributed by atoms with Crippen LogP contribution >= 0.6 is 0 Å². The predicted octanol–water partition coefficient (Wildman–Crippen LogP) is 6.44. The van der Waals surface area contributed by atoms with Gasteiger partial charge >= 0.3 is 6.18 Å². The lowest BCUT2D eigenvalue weighted by molar-refractivity contribution is -0.137. The summed E-state index contributed by atoms with van der Waals surface area (Å²) in [6.45, 7) is 8.79. The third kappa shape index (κ3) is 6.20. The van der Waals surface area contributed by atoms with Crippen molar-refractivity contribution in [2.45, 2.75) is 26.4 Å². The van der Waals surface area contributed by atoms with Crippen LogP contribution in [-0.2, 0) is 6.18 Å². The molecule has 0 aliphatic heterocycles. The topological polar surface area (TPSA) is 49.8 Å². The zero-order valence-electron chi connectivity index (χ0n) is 18.0. The predicted molar refractivity (Wildman–Crippen MR) is 123 cm³/mol. The molecule has 0 saturated carbocycles. The van der Waals surface area contributed by atoms with Crippen LogP contribution < -0.4 is 10.6 Å². The summed E-state index contributed by atoms with van der Waals surface area (Å²) >= 11 is 0. The molecule has 4 nitrogen and oxygen atoms in total. The second-order valence-electron chi connectivity index (χ2n) is 7.29. The van der Waals surface area contributed by atoms with E-state index in [9.17, 15) is 13.2 Å². The van der Waals surface area contributed by atoms with Crippen LogP contribution in [0.4, 0.5) is 19.0 Å². The van der Waals surface area contributed by atoms with Gasteiger partial charge < -0.3 is 10.6 Å². The molecule has 0 aliphatic rings. The second-order valence-corrected chi connectivity index (χ2v) is 7.29. The number of allylic oxidation sites excluding steroid dienone is 1. The maximum absolute atomic E-state index is 12.8. The Morgan fingerprint density at radius 3 is 2.34 bits per heavy atom. The van der Waals surface area contributed by atoms with Crippen molar-refractivity contribution in [2.75, 3.05) is 11.9 Å². The van der Waals surface area contributed by atoms with Gasteiger partial charge in [0.2, 0.25) is 0 Å². The number of benzene rings is 2. The standard InChI is InChI=1S/C25H25F3N4/c1-4-14-29-22(19-8-6-5-7-9-19)15-17(2)30-23-16-18(3)31-24(32-23)20-10-12-21(13-11-20)25(26,27)28/h5-13,15-16,29H,2,4,14H2,1,3H3,(H,30,31,32)/b22-15-. The van der Waals surface area contributed by atoms with Gasteiger partial charge in [0.25, 0.3) is 0 Å². The number of aryl methyl sites for hydroxylation is 1. The van der Waals surface area contributed by atoms with Gasteiger partial charge in [-0.25, -0.2) is 9.97 Å². The molecule has 3 aromatic rings. The van der Waals surface area contributed by atoms with Gasteiger partial charge in [-0.15, -0.1) is 0 Å². The largest absolute Gasteiger partial charge is 0.416 e. The molecule has 0 saturated heterocycles. The number of anilines is 1. The zero-order chi connectivity index (χ0) is 23.1. The van der Waals surface area contributed by atoms with E-state index in [0.717, 1.165) is 36.4 Å². The fourth-order valence-corrected chi connectivity index (χ4v) is 3.06. The summed E-state index contributed by atoms with van der Waals surface area (Å²) in [4.78, 5) is 8.83. The van der Waals surface area contributed by atoms with Crippen molar-refractivity contribution in [3.63, 3.8) is 0 Å². The number of hydrogen-bond acceptors (Lipinski definition) is 4. The van der Waals surface area contributed by atoms with E-state index in [2.05, 4.69) is 34.1 Å². The van der Waals surface area contributed by atoms with Gasteiger partial charge in [0.15, 0.2) is 5.82 Å². The Morgan fingerprint density at radius 1 is 1.03 bits per heavy atom. The Hall–Kier alpha value is -3.61. The Morgan fingerprint density at radius 2 is 1.72 bits per heavy atom. The molecule has 0 bridgehead atoms. The van der Waals surface area contributed by atoms with Crippen molar-refractivity contribution < 1.29 is 13.2 Å². The summed E-state index contributed by atoms with van der Waals surface area (Å²) in [5.74, 6) is 0.849. The van der Waals surface area contributed by atoms with E-state index in [0.29, 0.717) is 28.6 Å². The summed E-state index contributed by atoms with van der Waals surface area (Å²) in [5.41, 5.74) is 3.05. The van der Waals surface area contributed by atoms with E-state index in [-0.39, 0.29) is 0 Å². The zero-order valence-corrected chi connectivity index (χ0v) is 18.0. The van der Waals surface area contributed by atoms with Crippen LogP contribution in [-0.4, -0.2) is 16.5 Å². The van der Waals surface area contributed by atoms with Crippen LogP contribution in [0.3, 0.4) is 0 Å². The summed E-state index contributed by atoms with van der Waals surface area (Å²) in [5, 5.41) is 6.57. The molecular formula is C25H25F3N4. The fraction of sp³-hybridized carbons (Fsp3) is 0.200. The number of nitrogens with zero attached hydrogens (tertiary/aromatic N) is 2. The lowest BCUT2D eigenvalue weighted by Crippen LogP contribution is -2.14. The van der Waals surface area contributed by atoms with Crippen molar-refractivity contribution in [2.24, 2.45) is 0 Å². The maximum Gasteiger partial charge on any atom is 0.416 e. The first-order valence-electron chi connectivity index (χ1n) is 10.3. The van der Waals surface area contributed by atoms with Gasteiger partial charge in [0.1, 0.15) is 5.82 Å². The smallest absolute Gasteiger partial charge is 0.385 e. The average molecular weight is 438 g/mol. The lowest BCUT2D eigenvalue weighted by Gasteiger charge is -2.13. The number of halogens is 3. The van der Waals surface area contributed by atoms with Crippen LogP contribution in [0.1, 0.15) is 30.2 Å². The third-order valence-electron chi connectivity index (χ3n) is 4.58. The highest BCUT2D eigenvalue weighted by Gasteiger charge is 2.30. The van der Waals surface area contributed by atoms with E-state index in [4.69, 9.17) is 0 Å². The molecule has 0 unspecified atom stereocenters. The minimum atomic E-state index is -4.38. The van der Waals surface area contributed by atoms with Crippen molar-refractivity contribution >= 4 is 11.5 Å². The van der Waals surface area contributed by atoms with Crippen molar-refractivity contribution in [1.29, 1.82) is 0 Å². The molecule has 3 rings (SSSR count). The molecule has 2 N–H and O–H groups in total. The summed E-state index contributed by atoms with van der Waals surface area (Å²) in [7, 11) is 0. The molecule has 166 valence electrons. The van der Waals surface area contributed by atoms with Crippen LogP contribution in [0.25, 0.3) is 17.1 Å². The minimum Gasteiger partial charge on any atom is -0.385 e. The monoisotopic (exact) mass is 438 g/mol. The Kier molecular flexibility index (Phi) is 7.30. The van der Waals surface area contributed by atoms with E-state index < -0.39 is 11.7 Å². The van der Waals surface area contributed by atoms with E-state index in [1.54, 1.807) is 13.0 Å². The molecule has 0 radical (unpaired) electrons. The van der Waals surface area contributed by atoms with E-state index >= 15 is 0 Å². The highest BCUT2D eigenvalue weighted by atomic mass is 19.4. The van der Waals surface area contributed by atoms with Gasteiger partial charge in [0.05, 0.1) is 5.56 Å². The van der Waals surface area contributed by atoms with Crippen molar-refractivity contribution in [3.8, 4) is 11.4 Å². The molecule has 0 aliphatic carbocycles. The van der Waals surface area contributed by atoms with Gasteiger partial charge in [-0.1, -0.05) is 56.0 Å². The molecule has 0 spiro atoms. The molecule has 0 amide bonds. The third-order valence-corrected chi connectivity index (χ3v) is 4.58. The highest BCUT2D eigenvalue weighted by molar-refractivity contribution is 5.68. The Bertz CT molecular complexity index is 1090. The van der Waals surface area contributed by atoms with Gasteiger partial charge in [-0.05, 0) is 37.1 Å². The number of aromatic nitrogens is 2. The molecule has 0 fully saturated rings. The fourth-order valence-electron chi connectivity index (χ4n) is 3.06. The number of alkyl halides is 3. The van der Waals surface area contributed by atoms with E-state index in [1.165, 1.54) is 12.1 Å². The first-order valence-corrected chi connectivity index (χ1v) is 10.3.